The summed E-state index contributed by atoms with van der Waals surface area (Å²) < 4.78 is 0. The first kappa shape index (κ1) is 12.5. The zero-order valence-corrected chi connectivity index (χ0v) is 9.06. The summed E-state index contributed by atoms with van der Waals surface area (Å²) in [5.74, 6) is 0.291. The Balaban J connectivity index is 2.84. The molecule has 4 heteroatoms. The molecule has 3 nitrogen and oxygen atoms in total. The molecule has 0 bridgehead atoms. The first-order chi connectivity index (χ1) is 7.20. The van der Waals surface area contributed by atoms with Crippen molar-refractivity contribution < 1.29 is 15.3 Å². The van der Waals surface area contributed by atoms with Crippen LogP contribution >= 0.6 is 11.6 Å². The standard InChI is InChI=1S/C11H15ClO3/c12-7-8-3-1-2-4-9(8)11(15)10(14)5-6-13/h1-4,10-11,13-15H,5-7H2. The predicted octanol–water partition coefficient (Wildman–Crippen LogP) is 1.20. The largest absolute Gasteiger partial charge is 0.396 e. The summed E-state index contributed by atoms with van der Waals surface area (Å²) in [7, 11) is 0. The topological polar surface area (TPSA) is 60.7 Å². The molecule has 1 rings (SSSR count). The predicted molar refractivity (Wildman–Crippen MR) is 58.7 cm³/mol. The van der Waals surface area contributed by atoms with Gasteiger partial charge in [0.05, 0.1) is 6.10 Å². The first-order valence-electron chi connectivity index (χ1n) is 4.81. The number of alkyl halides is 1. The van der Waals surface area contributed by atoms with Gasteiger partial charge in [0, 0.05) is 12.5 Å². The van der Waals surface area contributed by atoms with Gasteiger partial charge in [-0.1, -0.05) is 24.3 Å². The molecule has 0 aliphatic carbocycles. The molecule has 0 amide bonds. The second-order valence-corrected chi connectivity index (χ2v) is 3.62. The average Bonchev–Trinajstić information content (AvgIpc) is 2.28. The number of aliphatic hydroxyl groups excluding tert-OH is 3. The van der Waals surface area contributed by atoms with E-state index in [-0.39, 0.29) is 13.0 Å². The summed E-state index contributed by atoms with van der Waals surface area (Å²) in [5.41, 5.74) is 1.41. The number of benzene rings is 1. The van der Waals surface area contributed by atoms with E-state index < -0.39 is 12.2 Å². The fraction of sp³-hybridized carbons (Fsp3) is 0.455. The van der Waals surface area contributed by atoms with Gasteiger partial charge in [0.15, 0.2) is 0 Å². The SMILES string of the molecule is OCCC(O)C(O)c1ccccc1CCl. The lowest BCUT2D eigenvalue weighted by Gasteiger charge is -2.19. The molecule has 0 fully saturated rings. The summed E-state index contributed by atoms with van der Waals surface area (Å²) in [6.45, 7) is -0.152. The van der Waals surface area contributed by atoms with Crippen molar-refractivity contribution in [2.75, 3.05) is 6.61 Å². The van der Waals surface area contributed by atoms with Gasteiger partial charge in [-0.3, -0.25) is 0 Å². The quantitative estimate of drug-likeness (QED) is 0.667. The second kappa shape index (κ2) is 6.08. The highest BCUT2D eigenvalue weighted by Gasteiger charge is 2.19. The van der Waals surface area contributed by atoms with Crippen molar-refractivity contribution in [1.82, 2.24) is 0 Å². The van der Waals surface area contributed by atoms with E-state index in [4.69, 9.17) is 16.7 Å². The van der Waals surface area contributed by atoms with Crippen LogP contribution in [0.5, 0.6) is 0 Å². The van der Waals surface area contributed by atoms with Crippen LogP contribution in [-0.4, -0.2) is 28.0 Å². The highest BCUT2D eigenvalue weighted by Crippen LogP contribution is 2.23. The lowest BCUT2D eigenvalue weighted by atomic mass is 9.98. The van der Waals surface area contributed by atoms with E-state index in [2.05, 4.69) is 0 Å². The first-order valence-corrected chi connectivity index (χ1v) is 5.35. The van der Waals surface area contributed by atoms with Crippen LogP contribution in [-0.2, 0) is 5.88 Å². The third-order valence-electron chi connectivity index (χ3n) is 2.31. The van der Waals surface area contributed by atoms with E-state index >= 15 is 0 Å². The number of halogens is 1. The molecule has 0 radical (unpaired) electrons. The molecule has 0 saturated carbocycles. The van der Waals surface area contributed by atoms with Gasteiger partial charge < -0.3 is 15.3 Å². The molecule has 0 aliphatic rings. The Hall–Kier alpha value is -0.610. The number of rotatable bonds is 5. The van der Waals surface area contributed by atoms with Gasteiger partial charge in [-0.25, -0.2) is 0 Å². The minimum atomic E-state index is -0.993. The smallest absolute Gasteiger partial charge is 0.105 e. The van der Waals surface area contributed by atoms with Crippen molar-refractivity contribution in [3.8, 4) is 0 Å². The van der Waals surface area contributed by atoms with Crippen molar-refractivity contribution in [1.29, 1.82) is 0 Å². The Morgan fingerprint density at radius 2 is 1.87 bits per heavy atom. The zero-order valence-electron chi connectivity index (χ0n) is 8.31. The third kappa shape index (κ3) is 3.18. The van der Waals surface area contributed by atoms with Crippen molar-refractivity contribution >= 4 is 11.6 Å². The van der Waals surface area contributed by atoms with Crippen LogP contribution in [0.4, 0.5) is 0 Å². The van der Waals surface area contributed by atoms with E-state index in [0.29, 0.717) is 11.4 Å². The molecule has 1 aromatic rings. The van der Waals surface area contributed by atoms with Crippen LogP contribution in [0.2, 0.25) is 0 Å². The van der Waals surface area contributed by atoms with Gasteiger partial charge in [-0.15, -0.1) is 11.6 Å². The van der Waals surface area contributed by atoms with Crippen molar-refractivity contribution in [2.24, 2.45) is 0 Å². The molecule has 0 aliphatic heterocycles. The summed E-state index contributed by atoms with van der Waals surface area (Å²) in [4.78, 5) is 0. The molecular weight excluding hydrogens is 216 g/mol. The summed E-state index contributed by atoms with van der Waals surface area (Å²) >= 11 is 5.72. The molecule has 0 spiro atoms. The number of hydrogen-bond donors (Lipinski definition) is 3. The van der Waals surface area contributed by atoms with E-state index in [1.807, 2.05) is 6.07 Å². The second-order valence-electron chi connectivity index (χ2n) is 3.36. The summed E-state index contributed by atoms with van der Waals surface area (Å²) in [6.07, 6.45) is -1.80. The summed E-state index contributed by atoms with van der Waals surface area (Å²) in [6, 6.07) is 7.13. The monoisotopic (exact) mass is 230 g/mol. The maximum Gasteiger partial charge on any atom is 0.105 e. The van der Waals surface area contributed by atoms with Crippen LogP contribution in [0.1, 0.15) is 23.7 Å². The van der Waals surface area contributed by atoms with Crippen molar-refractivity contribution in [2.45, 2.75) is 24.5 Å². The van der Waals surface area contributed by atoms with Gasteiger partial charge in [0.25, 0.3) is 0 Å². The minimum absolute atomic E-state index is 0.151. The molecule has 3 N–H and O–H groups in total. The van der Waals surface area contributed by atoms with Crippen LogP contribution in [0.3, 0.4) is 0 Å². The van der Waals surface area contributed by atoms with Gasteiger partial charge in [-0.2, -0.15) is 0 Å². The van der Waals surface area contributed by atoms with Crippen LogP contribution in [0.15, 0.2) is 24.3 Å². The fourth-order valence-electron chi connectivity index (χ4n) is 1.44. The average molecular weight is 231 g/mol. The molecule has 0 heterocycles. The Bertz CT molecular complexity index is 304. The fourth-order valence-corrected chi connectivity index (χ4v) is 1.69. The normalized spacial score (nSPS) is 14.9. The zero-order chi connectivity index (χ0) is 11.3. The molecule has 0 saturated heterocycles. The minimum Gasteiger partial charge on any atom is -0.396 e. The van der Waals surface area contributed by atoms with Crippen LogP contribution in [0, 0.1) is 0 Å². The lowest BCUT2D eigenvalue weighted by molar-refractivity contribution is 0.00385. The Morgan fingerprint density at radius 3 is 2.47 bits per heavy atom. The molecule has 2 unspecified atom stereocenters. The molecule has 0 aromatic heterocycles. The highest BCUT2D eigenvalue weighted by atomic mass is 35.5. The van der Waals surface area contributed by atoms with Gasteiger partial charge >= 0.3 is 0 Å². The highest BCUT2D eigenvalue weighted by molar-refractivity contribution is 6.17. The Labute approximate surface area is 93.9 Å². The molecule has 15 heavy (non-hydrogen) atoms. The van der Waals surface area contributed by atoms with E-state index in [1.54, 1.807) is 18.2 Å². The van der Waals surface area contributed by atoms with Gasteiger partial charge in [0.2, 0.25) is 0 Å². The molecule has 84 valence electrons. The van der Waals surface area contributed by atoms with Gasteiger partial charge in [0.1, 0.15) is 6.10 Å². The maximum atomic E-state index is 9.81. The summed E-state index contributed by atoms with van der Waals surface area (Å²) in [5, 5.41) is 28.0. The Kier molecular flexibility index (Phi) is 5.05. The van der Waals surface area contributed by atoms with Crippen molar-refractivity contribution in [3.05, 3.63) is 35.4 Å². The van der Waals surface area contributed by atoms with E-state index in [1.165, 1.54) is 0 Å². The molecular formula is C11H15ClO3. The molecule has 2 atom stereocenters. The van der Waals surface area contributed by atoms with Crippen LogP contribution in [0.25, 0.3) is 0 Å². The number of hydrogen-bond acceptors (Lipinski definition) is 3. The third-order valence-corrected chi connectivity index (χ3v) is 2.59. The van der Waals surface area contributed by atoms with Crippen molar-refractivity contribution in [3.63, 3.8) is 0 Å². The molecule has 1 aromatic carbocycles. The lowest BCUT2D eigenvalue weighted by Crippen LogP contribution is -2.20. The van der Waals surface area contributed by atoms with E-state index in [9.17, 15) is 10.2 Å². The Morgan fingerprint density at radius 1 is 1.20 bits per heavy atom. The number of aliphatic hydroxyl groups is 3. The maximum absolute atomic E-state index is 9.81. The van der Waals surface area contributed by atoms with Crippen LogP contribution < -0.4 is 0 Å². The van der Waals surface area contributed by atoms with E-state index in [0.717, 1.165) is 5.56 Å². The van der Waals surface area contributed by atoms with Gasteiger partial charge in [-0.05, 0) is 17.5 Å².